The fourth-order valence-electron chi connectivity index (χ4n) is 1.29. The van der Waals surface area contributed by atoms with Crippen LogP contribution in [0.5, 0.6) is 0 Å². The van der Waals surface area contributed by atoms with Crippen molar-refractivity contribution >= 4 is 17.5 Å². The molecule has 1 aromatic heterocycles. The van der Waals surface area contributed by atoms with Gasteiger partial charge in [-0.05, 0) is 30.3 Å². The number of nitrogens with one attached hydrogen (secondary N) is 2. The van der Waals surface area contributed by atoms with Crippen LogP contribution in [0, 0.1) is 0 Å². The molecule has 0 aliphatic carbocycles. The number of aromatic amines is 1. The minimum Gasteiger partial charge on any atom is -0.478 e. The molecule has 0 bridgehead atoms. The zero-order chi connectivity index (χ0) is 12.3. The van der Waals surface area contributed by atoms with E-state index in [1.165, 1.54) is 18.3 Å². The number of hydrogen-bond acceptors (Lipinski definition) is 4. The van der Waals surface area contributed by atoms with Crippen LogP contribution in [0.1, 0.15) is 10.4 Å². The molecule has 17 heavy (non-hydrogen) atoms. The molecule has 3 N–H and O–H groups in total. The van der Waals surface area contributed by atoms with Crippen LogP contribution in [0.4, 0.5) is 11.5 Å². The van der Waals surface area contributed by atoms with Gasteiger partial charge in [-0.15, -0.1) is 0 Å². The standard InChI is InChI=1S/C11H9N3O3/c15-10(16)7-1-3-8(4-2-7)13-9-5-6-12-11(17)14-9/h1-6H,(H,15,16)(H2,12,13,14,17). The van der Waals surface area contributed by atoms with Crippen molar-refractivity contribution in [3.8, 4) is 0 Å². The Balaban J connectivity index is 2.19. The highest BCUT2D eigenvalue weighted by Crippen LogP contribution is 2.13. The number of benzene rings is 1. The number of aromatic carboxylic acids is 1. The Morgan fingerprint density at radius 1 is 1.24 bits per heavy atom. The Morgan fingerprint density at radius 2 is 1.94 bits per heavy atom. The maximum atomic E-state index is 10.9. The zero-order valence-corrected chi connectivity index (χ0v) is 8.68. The number of carbonyl (C=O) groups is 1. The first kappa shape index (κ1) is 10.9. The smallest absolute Gasteiger partial charge is 0.346 e. The average Bonchev–Trinajstić information content (AvgIpc) is 2.29. The monoisotopic (exact) mass is 231 g/mol. The van der Waals surface area contributed by atoms with Gasteiger partial charge in [0.05, 0.1) is 5.56 Å². The lowest BCUT2D eigenvalue weighted by atomic mass is 10.2. The molecule has 1 heterocycles. The Labute approximate surface area is 96.0 Å². The van der Waals surface area contributed by atoms with Crippen molar-refractivity contribution in [2.45, 2.75) is 0 Å². The number of rotatable bonds is 3. The lowest BCUT2D eigenvalue weighted by Gasteiger charge is -2.05. The van der Waals surface area contributed by atoms with Crippen molar-refractivity contribution in [2.24, 2.45) is 0 Å². The van der Waals surface area contributed by atoms with Crippen molar-refractivity contribution in [3.05, 3.63) is 52.6 Å². The van der Waals surface area contributed by atoms with Crippen LogP contribution in [-0.4, -0.2) is 21.0 Å². The summed E-state index contributed by atoms with van der Waals surface area (Å²) in [6.45, 7) is 0. The predicted octanol–water partition coefficient (Wildman–Crippen LogP) is 1.21. The van der Waals surface area contributed by atoms with Crippen molar-refractivity contribution in [1.82, 2.24) is 9.97 Å². The van der Waals surface area contributed by atoms with Gasteiger partial charge in [0.2, 0.25) is 0 Å². The summed E-state index contributed by atoms with van der Waals surface area (Å²) < 4.78 is 0. The number of nitrogens with zero attached hydrogens (tertiary/aromatic N) is 1. The van der Waals surface area contributed by atoms with Crippen molar-refractivity contribution < 1.29 is 9.90 Å². The van der Waals surface area contributed by atoms with Crippen LogP contribution in [0.3, 0.4) is 0 Å². The van der Waals surface area contributed by atoms with Crippen LogP contribution in [0.25, 0.3) is 0 Å². The van der Waals surface area contributed by atoms with Gasteiger partial charge < -0.3 is 10.4 Å². The summed E-state index contributed by atoms with van der Waals surface area (Å²) in [5.41, 5.74) is 0.438. The Morgan fingerprint density at radius 3 is 2.53 bits per heavy atom. The Bertz CT molecular complexity index is 589. The van der Waals surface area contributed by atoms with Gasteiger partial charge in [0.15, 0.2) is 0 Å². The molecule has 0 aliphatic rings. The molecular formula is C11H9N3O3. The third kappa shape index (κ3) is 2.69. The van der Waals surface area contributed by atoms with Crippen LogP contribution in [0.15, 0.2) is 41.3 Å². The zero-order valence-electron chi connectivity index (χ0n) is 8.68. The molecule has 0 fully saturated rings. The highest BCUT2D eigenvalue weighted by Gasteiger charge is 2.01. The maximum Gasteiger partial charge on any atom is 0.346 e. The van der Waals surface area contributed by atoms with E-state index in [1.807, 2.05) is 0 Å². The summed E-state index contributed by atoms with van der Waals surface area (Å²) >= 11 is 0. The third-order valence-electron chi connectivity index (χ3n) is 2.09. The maximum absolute atomic E-state index is 10.9. The molecule has 6 nitrogen and oxygen atoms in total. The van der Waals surface area contributed by atoms with Gasteiger partial charge in [-0.2, -0.15) is 0 Å². The molecule has 1 aromatic carbocycles. The molecule has 0 aliphatic heterocycles. The minimum absolute atomic E-state index is 0.207. The second-order valence-electron chi connectivity index (χ2n) is 3.30. The summed E-state index contributed by atoms with van der Waals surface area (Å²) in [7, 11) is 0. The fourth-order valence-corrected chi connectivity index (χ4v) is 1.29. The Kier molecular flexibility index (Phi) is 2.87. The predicted molar refractivity (Wildman–Crippen MR) is 61.5 cm³/mol. The van der Waals surface area contributed by atoms with E-state index in [2.05, 4.69) is 15.3 Å². The summed E-state index contributed by atoms with van der Waals surface area (Å²) in [5.74, 6) is -0.484. The van der Waals surface area contributed by atoms with Gasteiger partial charge in [-0.3, -0.25) is 4.98 Å². The number of carboxylic acids is 1. The number of aromatic nitrogens is 2. The number of hydrogen-bond donors (Lipinski definition) is 3. The number of anilines is 2. The highest BCUT2D eigenvalue weighted by molar-refractivity contribution is 5.88. The lowest BCUT2D eigenvalue weighted by molar-refractivity contribution is 0.0697. The van der Waals surface area contributed by atoms with Crippen LogP contribution in [-0.2, 0) is 0 Å². The average molecular weight is 231 g/mol. The number of carboxylic acid groups (broad SMARTS) is 1. The van der Waals surface area contributed by atoms with E-state index >= 15 is 0 Å². The van der Waals surface area contributed by atoms with Gasteiger partial charge in [0.1, 0.15) is 5.82 Å². The molecule has 0 atom stereocenters. The van der Waals surface area contributed by atoms with Crippen LogP contribution in [0.2, 0.25) is 0 Å². The quantitative estimate of drug-likeness (QED) is 0.738. The summed E-state index contributed by atoms with van der Waals surface area (Å²) in [4.78, 5) is 27.6. The highest BCUT2D eigenvalue weighted by atomic mass is 16.4. The summed E-state index contributed by atoms with van der Waals surface area (Å²) in [5, 5.41) is 11.6. The molecular weight excluding hydrogens is 222 g/mol. The number of H-pyrrole nitrogens is 1. The third-order valence-corrected chi connectivity index (χ3v) is 2.09. The van der Waals surface area contributed by atoms with Crippen molar-refractivity contribution in [3.63, 3.8) is 0 Å². The molecule has 0 saturated carbocycles. The first-order valence-corrected chi connectivity index (χ1v) is 4.81. The van der Waals surface area contributed by atoms with Crippen molar-refractivity contribution in [2.75, 3.05) is 5.32 Å². The molecule has 0 spiro atoms. The van der Waals surface area contributed by atoms with E-state index in [9.17, 15) is 9.59 Å². The van der Waals surface area contributed by atoms with E-state index in [-0.39, 0.29) is 5.56 Å². The molecule has 0 radical (unpaired) electrons. The summed E-state index contributed by atoms with van der Waals surface area (Å²) in [6, 6.07) is 7.78. The Hall–Kier alpha value is -2.63. The first-order chi connectivity index (χ1) is 8.15. The first-order valence-electron chi connectivity index (χ1n) is 4.81. The van der Waals surface area contributed by atoms with E-state index in [1.54, 1.807) is 18.2 Å². The van der Waals surface area contributed by atoms with Gasteiger partial charge in [0, 0.05) is 11.9 Å². The second-order valence-corrected chi connectivity index (χ2v) is 3.30. The minimum atomic E-state index is -0.978. The lowest BCUT2D eigenvalue weighted by Crippen LogP contribution is -2.10. The summed E-state index contributed by atoms with van der Waals surface area (Å²) in [6.07, 6.45) is 1.38. The van der Waals surface area contributed by atoms with E-state index in [4.69, 9.17) is 5.11 Å². The molecule has 2 rings (SSSR count). The SMILES string of the molecule is O=C(O)c1ccc(Nc2ccnc(=O)[nH]2)cc1. The van der Waals surface area contributed by atoms with Crippen LogP contribution >= 0.6 is 0 Å². The van der Waals surface area contributed by atoms with Gasteiger partial charge in [-0.25, -0.2) is 14.6 Å². The molecule has 0 unspecified atom stereocenters. The van der Waals surface area contributed by atoms with Crippen LogP contribution < -0.4 is 11.0 Å². The normalized spacial score (nSPS) is 9.88. The molecule has 86 valence electrons. The fraction of sp³-hybridized carbons (Fsp3) is 0. The topological polar surface area (TPSA) is 95.1 Å². The van der Waals surface area contributed by atoms with Gasteiger partial charge in [-0.1, -0.05) is 0 Å². The van der Waals surface area contributed by atoms with Gasteiger partial charge >= 0.3 is 11.7 Å². The molecule has 0 amide bonds. The van der Waals surface area contributed by atoms with Gasteiger partial charge in [0.25, 0.3) is 0 Å². The van der Waals surface area contributed by atoms with E-state index in [0.717, 1.165) is 0 Å². The van der Waals surface area contributed by atoms with E-state index < -0.39 is 11.7 Å². The van der Waals surface area contributed by atoms with Crippen molar-refractivity contribution in [1.29, 1.82) is 0 Å². The molecule has 0 saturated heterocycles. The largest absolute Gasteiger partial charge is 0.478 e. The second kappa shape index (κ2) is 4.48. The van der Waals surface area contributed by atoms with E-state index in [0.29, 0.717) is 11.5 Å². The molecule has 2 aromatic rings. The molecule has 6 heteroatoms.